The van der Waals surface area contributed by atoms with Crippen molar-refractivity contribution in [2.75, 3.05) is 26.7 Å². The molecule has 1 atom stereocenters. The maximum Gasteiger partial charge on any atom is 0.0223 e. The minimum Gasteiger partial charge on any atom is -0.304 e. The van der Waals surface area contributed by atoms with Crippen LogP contribution in [0.4, 0.5) is 0 Å². The van der Waals surface area contributed by atoms with E-state index >= 15 is 0 Å². The summed E-state index contributed by atoms with van der Waals surface area (Å²) in [5.74, 6) is 0. The average Bonchev–Trinajstić information content (AvgIpc) is 2.03. The van der Waals surface area contributed by atoms with Crippen molar-refractivity contribution in [3.05, 3.63) is 0 Å². The minimum atomic E-state index is 0.712. The van der Waals surface area contributed by atoms with Gasteiger partial charge in [-0.3, -0.25) is 4.90 Å². The quantitative estimate of drug-likeness (QED) is 0.618. The molecular weight excluding hydrogens is 148 g/mol. The molecule has 1 unspecified atom stereocenters. The van der Waals surface area contributed by atoms with Gasteiger partial charge < -0.3 is 4.90 Å². The molecule has 1 saturated heterocycles. The van der Waals surface area contributed by atoms with Crippen LogP contribution in [-0.4, -0.2) is 48.6 Å². The molecule has 0 amide bonds. The molecule has 2 nitrogen and oxygen atoms in total. The van der Waals surface area contributed by atoms with Crippen LogP contribution in [0.5, 0.6) is 0 Å². The van der Waals surface area contributed by atoms with Gasteiger partial charge in [0, 0.05) is 31.7 Å². The van der Waals surface area contributed by atoms with Crippen molar-refractivity contribution < 1.29 is 0 Å². The van der Waals surface area contributed by atoms with Crippen LogP contribution in [0.15, 0.2) is 0 Å². The summed E-state index contributed by atoms with van der Waals surface area (Å²) in [5, 5.41) is 0. The molecule has 1 aliphatic rings. The Kier molecular flexibility index (Phi) is 3.53. The standard InChI is InChI=1S/C10H22N2/c1-5-10-8-11(4)6-7-12(10)9(2)3/h9-10H,5-8H2,1-4H3. The molecule has 0 aromatic rings. The Balaban J connectivity index is 2.50. The number of rotatable bonds is 2. The minimum absolute atomic E-state index is 0.712. The number of hydrogen-bond acceptors (Lipinski definition) is 2. The van der Waals surface area contributed by atoms with Crippen LogP contribution < -0.4 is 0 Å². The second kappa shape index (κ2) is 4.24. The van der Waals surface area contributed by atoms with E-state index in [0.29, 0.717) is 6.04 Å². The van der Waals surface area contributed by atoms with Crippen molar-refractivity contribution in [2.45, 2.75) is 39.3 Å². The fourth-order valence-corrected chi connectivity index (χ4v) is 2.07. The first-order chi connectivity index (χ1) is 5.65. The van der Waals surface area contributed by atoms with Crippen LogP contribution in [-0.2, 0) is 0 Å². The van der Waals surface area contributed by atoms with Crippen molar-refractivity contribution in [1.82, 2.24) is 9.80 Å². The van der Waals surface area contributed by atoms with E-state index in [0.717, 1.165) is 6.04 Å². The number of hydrogen-bond donors (Lipinski definition) is 0. The summed E-state index contributed by atoms with van der Waals surface area (Å²) < 4.78 is 0. The first-order valence-corrected chi connectivity index (χ1v) is 5.09. The third kappa shape index (κ3) is 2.20. The molecule has 0 aromatic heterocycles. The van der Waals surface area contributed by atoms with Crippen molar-refractivity contribution in [2.24, 2.45) is 0 Å². The molecule has 0 saturated carbocycles. The lowest BCUT2D eigenvalue weighted by Crippen LogP contribution is -2.53. The molecule has 0 N–H and O–H groups in total. The van der Waals surface area contributed by atoms with Crippen molar-refractivity contribution in [1.29, 1.82) is 0 Å². The summed E-state index contributed by atoms with van der Waals surface area (Å²) in [4.78, 5) is 5.06. The summed E-state index contributed by atoms with van der Waals surface area (Å²) >= 11 is 0. The van der Waals surface area contributed by atoms with Gasteiger partial charge in [0.25, 0.3) is 0 Å². The number of nitrogens with zero attached hydrogens (tertiary/aromatic N) is 2. The Morgan fingerprint density at radius 3 is 2.50 bits per heavy atom. The van der Waals surface area contributed by atoms with Crippen molar-refractivity contribution >= 4 is 0 Å². The van der Waals surface area contributed by atoms with Gasteiger partial charge in [0.15, 0.2) is 0 Å². The Morgan fingerprint density at radius 2 is 2.00 bits per heavy atom. The van der Waals surface area contributed by atoms with Crippen LogP contribution in [0.25, 0.3) is 0 Å². The summed E-state index contributed by atoms with van der Waals surface area (Å²) in [6.07, 6.45) is 1.28. The smallest absolute Gasteiger partial charge is 0.0223 e. The van der Waals surface area contributed by atoms with Crippen LogP contribution in [0.3, 0.4) is 0 Å². The van der Waals surface area contributed by atoms with Gasteiger partial charge in [0.2, 0.25) is 0 Å². The Labute approximate surface area is 76.5 Å². The Morgan fingerprint density at radius 1 is 1.33 bits per heavy atom. The van der Waals surface area contributed by atoms with E-state index in [-0.39, 0.29) is 0 Å². The van der Waals surface area contributed by atoms with Gasteiger partial charge in [0.1, 0.15) is 0 Å². The molecule has 12 heavy (non-hydrogen) atoms. The maximum atomic E-state index is 2.62. The third-order valence-electron chi connectivity index (χ3n) is 2.87. The number of likely N-dealkylation sites (N-methyl/N-ethyl adjacent to an activating group) is 1. The predicted octanol–water partition coefficient (Wildman–Crippen LogP) is 1.42. The molecular formula is C10H22N2. The largest absolute Gasteiger partial charge is 0.304 e. The lowest BCUT2D eigenvalue weighted by molar-refractivity contribution is 0.0623. The van der Waals surface area contributed by atoms with Crippen molar-refractivity contribution in [3.63, 3.8) is 0 Å². The summed E-state index contributed by atoms with van der Waals surface area (Å²) in [6, 6.07) is 1.49. The van der Waals surface area contributed by atoms with E-state index in [2.05, 4.69) is 37.6 Å². The molecule has 72 valence electrons. The highest BCUT2D eigenvalue weighted by molar-refractivity contribution is 4.81. The highest BCUT2D eigenvalue weighted by Crippen LogP contribution is 2.14. The van der Waals surface area contributed by atoms with Gasteiger partial charge in [0.05, 0.1) is 0 Å². The summed E-state index contributed by atoms with van der Waals surface area (Å²) in [6.45, 7) is 10.6. The van der Waals surface area contributed by atoms with Gasteiger partial charge in [-0.2, -0.15) is 0 Å². The molecule has 1 heterocycles. The maximum absolute atomic E-state index is 2.62. The first-order valence-electron chi connectivity index (χ1n) is 5.09. The van der Waals surface area contributed by atoms with E-state index in [1.807, 2.05) is 0 Å². The van der Waals surface area contributed by atoms with Crippen molar-refractivity contribution in [3.8, 4) is 0 Å². The van der Waals surface area contributed by atoms with Crippen LogP contribution in [0, 0.1) is 0 Å². The average molecular weight is 170 g/mol. The fourth-order valence-electron chi connectivity index (χ4n) is 2.07. The lowest BCUT2D eigenvalue weighted by Gasteiger charge is -2.42. The summed E-state index contributed by atoms with van der Waals surface area (Å²) in [7, 11) is 2.22. The van der Waals surface area contributed by atoms with Crippen LogP contribution in [0.1, 0.15) is 27.2 Å². The molecule has 0 bridgehead atoms. The zero-order valence-corrected chi connectivity index (χ0v) is 8.88. The monoisotopic (exact) mass is 170 g/mol. The SMILES string of the molecule is CCC1CN(C)CCN1C(C)C. The Bertz CT molecular complexity index is 134. The van der Waals surface area contributed by atoms with E-state index in [1.54, 1.807) is 0 Å². The number of piperazine rings is 1. The summed E-state index contributed by atoms with van der Waals surface area (Å²) in [5.41, 5.74) is 0. The molecule has 1 aliphatic heterocycles. The highest BCUT2D eigenvalue weighted by atomic mass is 15.3. The zero-order chi connectivity index (χ0) is 9.14. The van der Waals surface area contributed by atoms with Gasteiger partial charge in [-0.05, 0) is 27.3 Å². The molecule has 1 fully saturated rings. The van der Waals surface area contributed by atoms with Gasteiger partial charge in [-0.1, -0.05) is 6.92 Å². The second-order valence-corrected chi connectivity index (χ2v) is 4.16. The highest BCUT2D eigenvalue weighted by Gasteiger charge is 2.24. The molecule has 1 rings (SSSR count). The fraction of sp³-hybridized carbons (Fsp3) is 1.00. The predicted molar refractivity (Wildman–Crippen MR) is 53.4 cm³/mol. The van der Waals surface area contributed by atoms with E-state index in [1.165, 1.54) is 26.1 Å². The van der Waals surface area contributed by atoms with E-state index in [4.69, 9.17) is 0 Å². The molecule has 2 heteroatoms. The van der Waals surface area contributed by atoms with Crippen LogP contribution in [0.2, 0.25) is 0 Å². The van der Waals surface area contributed by atoms with Gasteiger partial charge >= 0.3 is 0 Å². The molecule has 0 aromatic carbocycles. The first kappa shape index (κ1) is 10.0. The Hall–Kier alpha value is -0.0800. The van der Waals surface area contributed by atoms with E-state index < -0.39 is 0 Å². The zero-order valence-electron chi connectivity index (χ0n) is 8.88. The van der Waals surface area contributed by atoms with Gasteiger partial charge in [-0.25, -0.2) is 0 Å². The van der Waals surface area contributed by atoms with Crippen LogP contribution >= 0.6 is 0 Å². The normalized spacial score (nSPS) is 28.2. The molecule has 0 spiro atoms. The van der Waals surface area contributed by atoms with Gasteiger partial charge in [-0.15, -0.1) is 0 Å². The third-order valence-corrected chi connectivity index (χ3v) is 2.87. The molecule has 0 aliphatic carbocycles. The molecule has 0 radical (unpaired) electrons. The topological polar surface area (TPSA) is 6.48 Å². The second-order valence-electron chi connectivity index (χ2n) is 4.16. The lowest BCUT2D eigenvalue weighted by atomic mass is 10.1. The van der Waals surface area contributed by atoms with E-state index in [9.17, 15) is 0 Å².